The summed E-state index contributed by atoms with van der Waals surface area (Å²) in [6.07, 6.45) is 3.09. The second-order valence-electron chi connectivity index (χ2n) is 6.87. The number of pyridine rings is 1. The molecule has 0 aliphatic carbocycles. The normalized spacial score (nSPS) is 10.5. The number of nitrogens with one attached hydrogen (secondary N) is 1. The van der Waals surface area contributed by atoms with Crippen molar-refractivity contribution in [3.8, 4) is 28.0 Å². The van der Waals surface area contributed by atoms with Crippen LogP contribution in [-0.4, -0.2) is 27.1 Å². The lowest BCUT2D eigenvalue weighted by Gasteiger charge is -2.12. The Hall–Kier alpha value is -4.45. The average Bonchev–Trinajstić information content (AvgIpc) is 2.80. The van der Waals surface area contributed by atoms with E-state index in [0.29, 0.717) is 16.7 Å². The number of anilines is 1. The van der Waals surface area contributed by atoms with E-state index in [9.17, 15) is 19.8 Å². The Kier molecular flexibility index (Phi) is 5.45. The van der Waals surface area contributed by atoms with Crippen molar-refractivity contribution in [1.29, 1.82) is 0 Å². The Morgan fingerprint density at radius 1 is 0.774 bits per heavy atom. The molecule has 1 heterocycles. The Bertz CT molecular complexity index is 1270. The third-order valence-electron chi connectivity index (χ3n) is 4.82. The van der Waals surface area contributed by atoms with Crippen LogP contribution >= 0.6 is 0 Å². The molecule has 3 aromatic carbocycles. The summed E-state index contributed by atoms with van der Waals surface area (Å²) >= 11 is 0. The van der Waals surface area contributed by atoms with Crippen molar-refractivity contribution >= 4 is 17.6 Å². The predicted molar refractivity (Wildman–Crippen MR) is 118 cm³/mol. The third-order valence-corrected chi connectivity index (χ3v) is 4.82. The lowest BCUT2D eigenvalue weighted by molar-refractivity contribution is 0.0698. The van der Waals surface area contributed by atoms with E-state index in [1.165, 1.54) is 18.3 Å². The summed E-state index contributed by atoms with van der Waals surface area (Å²) < 4.78 is 0. The molecular formula is C25H18N2O4. The van der Waals surface area contributed by atoms with Gasteiger partial charge in [0.15, 0.2) is 0 Å². The smallest absolute Gasteiger partial charge is 0.337 e. The van der Waals surface area contributed by atoms with Crippen LogP contribution < -0.4 is 5.32 Å². The van der Waals surface area contributed by atoms with Crippen LogP contribution in [0.25, 0.3) is 22.3 Å². The maximum atomic E-state index is 12.9. The lowest BCUT2D eigenvalue weighted by Crippen LogP contribution is -2.15. The molecule has 1 aromatic heterocycles. The van der Waals surface area contributed by atoms with Gasteiger partial charge >= 0.3 is 5.97 Å². The van der Waals surface area contributed by atoms with Gasteiger partial charge in [0.25, 0.3) is 5.91 Å². The van der Waals surface area contributed by atoms with E-state index in [4.69, 9.17) is 0 Å². The number of carbonyl (C=O) groups is 2. The minimum Gasteiger partial charge on any atom is -0.507 e. The van der Waals surface area contributed by atoms with Crippen molar-refractivity contribution in [2.24, 2.45) is 0 Å². The Morgan fingerprint density at radius 2 is 1.52 bits per heavy atom. The van der Waals surface area contributed by atoms with E-state index in [1.54, 1.807) is 42.6 Å². The number of aromatic nitrogens is 1. The van der Waals surface area contributed by atoms with Gasteiger partial charge in [-0.15, -0.1) is 0 Å². The molecule has 0 fully saturated rings. The molecule has 31 heavy (non-hydrogen) atoms. The highest BCUT2D eigenvalue weighted by Gasteiger charge is 2.16. The van der Waals surface area contributed by atoms with Crippen LogP contribution in [0.1, 0.15) is 20.7 Å². The summed E-state index contributed by atoms with van der Waals surface area (Å²) in [7, 11) is 0. The van der Waals surface area contributed by atoms with Crippen molar-refractivity contribution < 1.29 is 19.8 Å². The van der Waals surface area contributed by atoms with Gasteiger partial charge in [-0.1, -0.05) is 54.6 Å². The molecule has 0 spiro atoms. The summed E-state index contributed by atoms with van der Waals surface area (Å²) in [5.41, 5.74) is 3.16. The second-order valence-corrected chi connectivity index (χ2v) is 6.87. The molecule has 0 bridgehead atoms. The van der Waals surface area contributed by atoms with Crippen LogP contribution in [0.3, 0.4) is 0 Å². The molecule has 0 unspecified atom stereocenters. The molecule has 0 saturated heterocycles. The number of rotatable bonds is 5. The van der Waals surface area contributed by atoms with Gasteiger partial charge in [-0.2, -0.15) is 0 Å². The first kappa shape index (κ1) is 19.8. The van der Waals surface area contributed by atoms with Gasteiger partial charge in [0.1, 0.15) is 5.75 Å². The zero-order chi connectivity index (χ0) is 21.8. The van der Waals surface area contributed by atoms with Gasteiger partial charge < -0.3 is 15.5 Å². The molecule has 0 aliphatic heterocycles. The number of para-hydroxylation sites is 1. The largest absolute Gasteiger partial charge is 0.507 e. The highest BCUT2D eigenvalue weighted by molar-refractivity contribution is 6.08. The van der Waals surface area contributed by atoms with Crippen LogP contribution in [0.5, 0.6) is 5.75 Å². The number of aromatic carboxylic acids is 1. The number of phenols is 1. The minimum absolute atomic E-state index is 0.0558. The number of hydrogen-bond acceptors (Lipinski definition) is 4. The van der Waals surface area contributed by atoms with E-state index >= 15 is 0 Å². The van der Waals surface area contributed by atoms with E-state index in [1.807, 2.05) is 30.3 Å². The number of amides is 1. The molecule has 152 valence electrons. The molecule has 6 heteroatoms. The van der Waals surface area contributed by atoms with Crippen LogP contribution in [0.15, 0.2) is 91.3 Å². The van der Waals surface area contributed by atoms with E-state index in [-0.39, 0.29) is 17.0 Å². The fraction of sp³-hybridized carbons (Fsp3) is 0. The lowest BCUT2D eigenvalue weighted by atomic mass is 10.0. The number of benzene rings is 3. The summed E-state index contributed by atoms with van der Waals surface area (Å²) in [6, 6.07) is 22.5. The summed E-state index contributed by atoms with van der Waals surface area (Å²) in [5.74, 6) is -1.60. The first-order valence-corrected chi connectivity index (χ1v) is 9.50. The van der Waals surface area contributed by atoms with Gasteiger partial charge in [0.2, 0.25) is 0 Å². The molecule has 6 nitrogen and oxygen atoms in total. The van der Waals surface area contributed by atoms with Crippen molar-refractivity contribution in [2.75, 3.05) is 5.32 Å². The second kappa shape index (κ2) is 8.51. The number of phenolic OH excluding ortho intramolecular Hbond substituents is 1. The molecule has 0 radical (unpaired) electrons. The van der Waals surface area contributed by atoms with Crippen LogP contribution in [0, 0.1) is 0 Å². The molecule has 4 rings (SSSR count). The van der Waals surface area contributed by atoms with Gasteiger partial charge in [0.05, 0.1) is 16.8 Å². The van der Waals surface area contributed by atoms with Gasteiger partial charge in [0, 0.05) is 23.5 Å². The molecular weight excluding hydrogens is 392 g/mol. The van der Waals surface area contributed by atoms with Crippen molar-refractivity contribution in [3.05, 3.63) is 102 Å². The highest BCUT2D eigenvalue weighted by Crippen LogP contribution is 2.32. The topological polar surface area (TPSA) is 99.5 Å². The molecule has 3 N–H and O–H groups in total. The predicted octanol–water partition coefficient (Wildman–Crippen LogP) is 5.07. The quantitative estimate of drug-likeness (QED) is 0.426. The van der Waals surface area contributed by atoms with E-state index in [2.05, 4.69) is 10.3 Å². The standard InChI is InChI=1S/C25H18N2O4/c28-23-9-5-4-8-20(23)17-10-11-21(25(30)31)22(13-17)27-24(29)19-12-18(14-26-15-19)16-6-2-1-3-7-16/h1-15,28H,(H,27,29)(H,30,31). The highest BCUT2D eigenvalue weighted by atomic mass is 16.4. The fourth-order valence-corrected chi connectivity index (χ4v) is 3.27. The molecule has 4 aromatic rings. The number of carboxylic acids is 1. The van der Waals surface area contributed by atoms with Crippen molar-refractivity contribution in [1.82, 2.24) is 4.98 Å². The van der Waals surface area contributed by atoms with Crippen LogP contribution in [0.2, 0.25) is 0 Å². The number of carboxylic acid groups (broad SMARTS) is 1. The number of nitrogens with zero attached hydrogens (tertiary/aromatic N) is 1. The molecule has 0 atom stereocenters. The minimum atomic E-state index is -1.17. The van der Waals surface area contributed by atoms with Gasteiger partial charge in [-0.05, 0) is 35.4 Å². The monoisotopic (exact) mass is 410 g/mol. The van der Waals surface area contributed by atoms with E-state index in [0.717, 1.165) is 11.1 Å². The van der Waals surface area contributed by atoms with Crippen molar-refractivity contribution in [3.63, 3.8) is 0 Å². The SMILES string of the molecule is O=C(Nc1cc(-c2ccccc2O)ccc1C(=O)O)c1cncc(-c2ccccc2)c1. The maximum Gasteiger partial charge on any atom is 0.337 e. The van der Waals surface area contributed by atoms with Crippen LogP contribution in [0.4, 0.5) is 5.69 Å². The Morgan fingerprint density at radius 3 is 2.26 bits per heavy atom. The molecule has 0 aliphatic rings. The fourth-order valence-electron chi connectivity index (χ4n) is 3.27. The summed E-state index contributed by atoms with van der Waals surface area (Å²) in [6.45, 7) is 0. The Labute approximate surface area is 178 Å². The first-order valence-electron chi connectivity index (χ1n) is 9.50. The number of carbonyl (C=O) groups excluding carboxylic acids is 1. The summed E-state index contributed by atoms with van der Waals surface area (Å²) in [5, 5.41) is 22.3. The average molecular weight is 410 g/mol. The zero-order valence-electron chi connectivity index (χ0n) is 16.3. The number of hydrogen-bond donors (Lipinski definition) is 3. The molecule has 1 amide bonds. The van der Waals surface area contributed by atoms with Gasteiger partial charge in [-0.3, -0.25) is 9.78 Å². The Balaban J connectivity index is 1.68. The molecule has 0 saturated carbocycles. The third kappa shape index (κ3) is 4.28. The summed E-state index contributed by atoms with van der Waals surface area (Å²) in [4.78, 5) is 28.7. The van der Waals surface area contributed by atoms with Crippen LogP contribution in [-0.2, 0) is 0 Å². The maximum absolute atomic E-state index is 12.9. The van der Waals surface area contributed by atoms with E-state index < -0.39 is 11.9 Å². The van der Waals surface area contributed by atoms with Crippen molar-refractivity contribution in [2.45, 2.75) is 0 Å². The first-order chi connectivity index (χ1) is 15.0. The van der Waals surface area contributed by atoms with Gasteiger partial charge in [-0.25, -0.2) is 4.79 Å². The number of aromatic hydroxyl groups is 1. The zero-order valence-corrected chi connectivity index (χ0v) is 16.3.